The van der Waals surface area contributed by atoms with Gasteiger partial charge in [-0.3, -0.25) is 9.59 Å². The molecule has 3 aromatic rings. The van der Waals surface area contributed by atoms with Gasteiger partial charge in [-0.15, -0.1) is 5.10 Å². The highest BCUT2D eigenvalue weighted by Crippen LogP contribution is 2.67. The van der Waals surface area contributed by atoms with Crippen molar-refractivity contribution in [1.29, 1.82) is 0 Å². The number of amides is 2. The molecule has 1 saturated carbocycles. The zero-order valence-electron chi connectivity index (χ0n) is 26.4. The Morgan fingerprint density at radius 3 is 2.48 bits per heavy atom. The van der Waals surface area contributed by atoms with E-state index in [0.717, 1.165) is 24.6 Å². The van der Waals surface area contributed by atoms with Gasteiger partial charge in [0.25, 0.3) is 11.5 Å². The highest BCUT2D eigenvalue weighted by Gasteiger charge is 2.64. The van der Waals surface area contributed by atoms with E-state index in [1.807, 2.05) is 31.4 Å². The average Bonchev–Trinajstić information content (AvgIpc) is 3.59. The number of rotatable bonds is 5. The number of hydrogen-bond acceptors (Lipinski definition) is 7. The highest BCUT2D eigenvalue weighted by atomic mass is 19.3. The zero-order valence-corrected chi connectivity index (χ0v) is 26.4. The van der Waals surface area contributed by atoms with Gasteiger partial charge in [-0.25, -0.2) is 13.6 Å². The molecule has 1 spiro atoms. The SMILES string of the molecule is CC(C)(C)OC(=O)N1CCC2(CC1)c1c(n(CC(=O)Nc3ccc(C(C)(F)F)cc3)c3nc(C4=CCOCC4)nn3c1=O)[C@H]1C[C@H]12. The molecule has 2 atom stereocenters. The molecule has 2 aliphatic heterocycles. The van der Waals surface area contributed by atoms with Crippen molar-refractivity contribution in [2.75, 3.05) is 31.6 Å². The highest BCUT2D eigenvalue weighted by molar-refractivity contribution is 5.91. The van der Waals surface area contributed by atoms with E-state index in [2.05, 4.69) is 10.4 Å². The van der Waals surface area contributed by atoms with Crippen LogP contribution in [-0.4, -0.2) is 68.0 Å². The number of likely N-dealkylation sites (tertiary alicyclic amines) is 1. The van der Waals surface area contributed by atoms with Crippen LogP contribution in [0.15, 0.2) is 35.1 Å². The van der Waals surface area contributed by atoms with E-state index < -0.39 is 16.9 Å². The summed E-state index contributed by atoms with van der Waals surface area (Å²) >= 11 is 0. The summed E-state index contributed by atoms with van der Waals surface area (Å²) in [5, 5.41) is 7.48. The number of ether oxygens (including phenoxy) is 2. The number of nitrogens with one attached hydrogen (secondary N) is 1. The second kappa shape index (κ2) is 10.7. The Morgan fingerprint density at radius 1 is 1.13 bits per heavy atom. The van der Waals surface area contributed by atoms with Crippen LogP contribution in [0, 0.1) is 5.92 Å². The van der Waals surface area contributed by atoms with Gasteiger partial charge >= 0.3 is 6.09 Å². The molecule has 11 nitrogen and oxygen atoms in total. The number of anilines is 1. The molecule has 4 heterocycles. The molecule has 2 amide bonds. The van der Waals surface area contributed by atoms with E-state index in [-0.39, 0.29) is 47.3 Å². The van der Waals surface area contributed by atoms with E-state index in [0.29, 0.717) is 62.6 Å². The van der Waals surface area contributed by atoms with E-state index in [1.54, 1.807) is 4.90 Å². The maximum Gasteiger partial charge on any atom is 0.410 e. The van der Waals surface area contributed by atoms with E-state index in [4.69, 9.17) is 14.5 Å². The summed E-state index contributed by atoms with van der Waals surface area (Å²) in [6.45, 7) is 8.06. The number of nitrogens with zero attached hydrogens (tertiary/aromatic N) is 5. The van der Waals surface area contributed by atoms with Crippen LogP contribution in [0.2, 0.25) is 0 Å². The van der Waals surface area contributed by atoms with Crippen molar-refractivity contribution in [1.82, 2.24) is 24.1 Å². The lowest BCUT2D eigenvalue weighted by atomic mass is 9.71. The number of hydrogen-bond donors (Lipinski definition) is 1. The first-order valence-electron chi connectivity index (χ1n) is 15.8. The third-order valence-corrected chi connectivity index (χ3v) is 9.67. The van der Waals surface area contributed by atoms with Crippen LogP contribution < -0.4 is 10.9 Å². The normalized spacial score (nSPS) is 22.0. The Bertz CT molecular complexity index is 1810. The number of fused-ring (bicyclic) bond motifs is 6. The zero-order chi connectivity index (χ0) is 32.6. The van der Waals surface area contributed by atoms with Gasteiger partial charge in [0.1, 0.15) is 12.1 Å². The number of carbonyl (C=O) groups excluding carboxylic acids is 2. The second-order valence-electron chi connectivity index (χ2n) is 13.9. The summed E-state index contributed by atoms with van der Waals surface area (Å²) < 4.78 is 41.7. The van der Waals surface area contributed by atoms with Gasteiger partial charge in [0.15, 0.2) is 5.82 Å². The fourth-order valence-corrected chi connectivity index (χ4v) is 7.47. The van der Waals surface area contributed by atoms with Gasteiger partial charge in [-0.2, -0.15) is 9.50 Å². The van der Waals surface area contributed by atoms with Crippen LogP contribution in [-0.2, 0) is 32.2 Å². The fourth-order valence-electron chi connectivity index (χ4n) is 7.47. The molecule has 1 aromatic carbocycles. The molecule has 7 rings (SSSR count). The third-order valence-electron chi connectivity index (χ3n) is 9.67. The van der Waals surface area contributed by atoms with E-state index in [1.165, 1.54) is 28.8 Å². The van der Waals surface area contributed by atoms with Gasteiger partial charge < -0.3 is 24.3 Å². The van der Waals surface area contributed by atoms with Crippen molar-refractivity contribution in [3.8, 4) is 0 Å². The molecule has 0 radical (unpaired) electrons. The standard InChI is InChI=1S/C33H38F2N6O5/c1-31(2,3)46-30(44)39-13-11-33(12-14-39)23-17-22(23)26-25(33)28(43)41-29(37-27(38-41)19-9-15-45-16-10-19)40(26)18-24(42)36-21-7-5-20(6-8-21)32(4,34)35/h5-9,22-23H,10-18H2,1-4H3,(H,36,42)/t22-,23+/m0/s1. The maximum atomic E-state index is 14.3. The molecule has 46 heavy (non-hydrogen) atoms. The molecular weight excluding hydrogens is 598 g/mol. The first-order chi connectivity index (χ1) is 21.7. The number of piperidine rings is 1. The molecule has 0 bridgehead atoms. The van der Waals surface area contributed by atoms with E-state index in [9.17, 15) is 23.2 Å². The Hall–Kier alpha value is -4.13. The minimum absolute atomic E-state index is 0.0853. The van der Waals surface area contributed by atoms with Crippen molar-refractivity contribution in [2.45, 2.75) is 82.8 Å². The number of aromatic nitrogens is 4. The van der Waals surface area contributed by atoms with Crippen molar-refractivity contribution in [3.63, 3.8) is 0 Å². The largest absolute Gasteiger partial charge is 0.444 e. The van der Waals surface area contributed by atoms with Crippen LogP contribution >= 0.6 is 0 Å². The number of carbonyl (C=O) groups is 2. The minimum Gasteiger partial charge on any atom is -0.444 e. The summed E-state index contributed by atoms with van der Waals surface area (Å²) in [5.74, 6) is -2.35. The minimum atomic E-state index is -2.99. The third kappa shape index (κ3) is 5.27. The summed E-state index contributed by atoms with van der Waals surface area (Å²) in [6.07, 6.45) is 4.23. The number of benzene rings is 1. The average molecular weight is 637 g/mol. The molecular formula is C33H38F2N6O5. The lowest BCUT2D eigenvalue weighted by molar-refractivity contribution is -0.116. The molecule has 1 N–H and O–H groups in total. The van der Waals surface area contributed by atoms with Gasteiger partial charge in [0, 0.05) is 53.9 Å². The first-order valence-corrected chi connectivity index (χ1v) is 15.8. The Balaban J connectivity index is 1.26. The number of alkyl halides is 2. The van der Waals surface area contributed by atoms with Gasteiger partial charge in [-0.1, -0.05) is 18.2 Å². The van der Waals surface area contributed by atoms with Gasteiger partial charge in [0.05, 0.1) is 13.2 Å². The predicted octanol–water partition coefficient (Wildman–Crippen LogP) is 4.83. The molecule has 2 aromatic heterocycles. The topological polar surface area (TPSA) is 120 Å². The lowest BCUT2D eigenvalue weighted by Gasteiger charge is -2.41. The van der Waals surface area contributed by atoms with Gasteiger partial charge in [0.2, 0.25) is 11.7 Å². The van der Waals surface area contributed by atoms with Crippen LogP contribution in [0.25, 0.3) is 11.4 Å². The Kier molecular flexibility index (Phi) is 7.11. The van der Waals surface area contributed by atoms with Crippen LogP contribution in [0.5, 0.6) is 0 Å². The quantitative estimate of drug-likeness (QED) is 0.426. The predicted molar refractivity (Wildman–Crippen MR) is 165 cm³/mol. The van der Waals surface area contributed by atoms with Crippen LogP contribution in [0.1, 0.15) is 81.9 Å². The van der Waals surface area contributed by atoms with Crippen LogP contribution in [0.3, 0.4) is 0 Å². The molecule has 4 aliphatic rings. The van der Waals surface area contributed by atoms with E-state index >= 15 is 0 Å². The lowest BCUT2D eigenvalue weighted by Crippen LogP contribution is -2.49. The summed E-state index contributed by atoms with van der Waals surface area (Å²) in [5.41, 5.74) is 1.29. The summed E-state index contributed by atoms with van der Waals surface area (Å²) in [6, 6.07) is 5.49. The maximum absolute atomic E-state index is 14.3. The second-order valence-corrected chi connectivity index (χ2v) is 13.9. The van der Waals surface area contributed by atoms with Crippen molar-refractivity contribution >= 4 is 29.0 Å². The molecule has 2 aliphatic carbocycles. The monoisotopic (exact) mass is 636 g/mol. The molecule has 1 saturated heterocycles. The van der Waals surface area contributed by atoms with Crippen LogP contribution in [0.4, 0.5) is 19.3 Å². The smallest absolute Gasteiger partial charge is 0.410 e. The van der Waals surface area contributed by atoms with Gasteiger partial charge in [-0.05, 0) is 70.1 Å². The summed E-state index contributed by atoms with van der Waals surface area (Å²) in [7, 11) is 0. The number of halogens is 2. The Labute approximate surface area is 264 Å². The van der Waals surface area contributed by atoms with Crippen molar-refractivity contribution in [3.05, 3.63) is 63.3 Å². The van der Waals surface area contributed by atoms with Crippen molar-refractivity contribution in [2.24, 2.45) is 5.92 Å². The molecule has 13 heteroatoms. The Morgan fingerprint density at radius 2 is 1.85 bits per heavy atom. The summed E-state index contributed by atoms with van der Waals surface area (Å²) in [4.78, 5) is 47.2. The molecule has 0 unspecified atom stereocenters. The molecule has 2 fully saturated rings. The first kappa shape index (κ1) is 30.5. The fraction of sp³-hybridized carbons (Fsp3) is 0.545. The molecule has 244 valence electrons. The van der Waals surface area contributed by atoms with Crippen molar-refractivity contribution < 1.29 is 27.8 Å².